The molecule has 0 aromatic heterocycles. The maximum absolute atomic E-state index is 13.8. The van der Waals surface area contributed by atoms with E-state index in [-0.39, 0.29) is 30.6 Å². The summed E-state index contributed by atoms with van der Waals surface area (Å²) in [4.78, 5) is 2.01. The lowest BCUT2D eigenvalue weighted by molar-refractivity contribution is 0.144. The van der Waals surface area contributed by atoms with Gasteiger partial charge in [-0.2, -0.15) is 0 Å². The number of nitrogens with zero attached hydrogens (tertiary/aromatic N) is 1. The zero-order valence-corrected chi connectivity index (χ0v) is 12.5. The van der Waals surface area contributed by atoms with E-state index in [2.05, 4.69) is 5.32 Å². The number of rotatable bonds is 3. The number of halogens is 4. The van der Waals surface area contributed by atoms with Gasteiger partial charge in [-0.1, -0.05) is 17.7 Å². The molecule has 19 heavy (non-hydrogen) atoms. The molecule has 6 heteroatoms. The number of benzene rings is 1. The SMILES string of the molecule is Cc1ccc(F)c([C@@H](CF)N2CCNCC2)c1.Cl.Cl. The summed E-state index contributed by atoms with van der Waals surface area (Å²) < 4.78 is 27.0. The van der Waals surface area contributed by atoms with E-state index < -0.39 is 12.7 Å². The van der Waals surface area contributed by atoms with E-state index in [0.717, 1.165) is 31.7 Å². The van der Waals surface area contributed by atoms with Crippen molar-refractivity contribution in [3.8, 4) is 0 Å². The van der Waals surface area contributed by atoms with Gasteiger partial charge in [-0.25, -0.2) is 8.78 Å². The Morgan fingerprint density at radius 3 is 2.47 bits per heavy atom. The lowest BCUT2D eigenvalue weighted by atomic mass is 10.0. The van der Waals surface area contributed by atoms with Crippen molar-refractivity contribution in [1.82, 2.24) is 10.2 Å². The Balaban J connectivity index is 0.00000162. The summed E-state index contributed by atoms with van der Waals surface area (Å²) >= 11 is 0. The molecule has 1 aliphatic rings. The van der Waals surface area contributed by atoms with Gasteiger partial charge in [0.1, 0.15) is 12.5 Å². The molecule has 1 aromatic rings. The molecule has 0 radical (unpaired) electrons. The van der Waals surface area contributed by atoms with Gasteiger partial charge < -0.3 is 5.32 Å². The fourth-order valence-electron chi connectivity index (χ4n) is 2.29. The molecule has 0 amide bonds. The van der Waals surface area contributed by atoms with E-state index in [4.69, 9.17) is 0 Å². The Labute approximate surface area is 125 Å². The molecule has 0 saturated carbocycles. The van der Waals surface area contributed by atoms with E-state index in [1.54, 1.807) is 12.1 Å². The Kier molecular flexibility index (Phi) is 8.50. The molecule has 110 valence electrons. The predicted octanol–water partition coefficient (Wildman–Crippen LogP) is 2.89. The van der Waals surface area contributed by atoms with Gasteiger partial charge in [0.15, 0.2) is 0 Å². The summed E-state index contributed by atoms with van der Waals surface area (Å²) in [5, 5.41) is 3.21. The molecule has 1 atom stereocenters. The first-order valence-corrected chi connectivity index (χ1v) is 5.99. The van der Waals surface area contributed by atoms with Gasteiger partial charge >= 0.3 is 0 Å². The molecule has 1 saturated heterocycles. The largest absolute Gasteiger partial charge is 0.314 e. The lowest BCUT2D eigenvalue weighted by Gasteiger charge is -2.33. The highest BCUT2D eigenvalue weighted by atomic mass is 35.5. The summed E-state index contributed by atoms with van der Waals surface area (Å²) in [7, 11) is 0. The van der Waals surface area contributed by atoms with Crippen LogP contribution in [0.5, 0.6) is 0 Å². The molecule has 2 nitrogen and oxygen atoms in total. The molecule has 0 unspecified atom stereocenters. The van der Waals surface area contributed by atoms with Crippen LogP contribution in [0, 0.1) is 12.7 Å². The van der Waals surface area contributed by atoms with Crippen LogP contribution in [0.3, 0.4) is 0 Å². The van der Waals surface area contributed by atoms with Crippen LogP contribution in [-0.4, -0.2) is 37.8 Å². The van der Waals surface area contributed by atoms with Crippen molar-refractivity contribution in [1.29, 1.82) is 0 Å². The van der Waals surface area contributed by atoms with Gasteiger partial charge in [0.2, 0.25) is 0 Å². The van der Waals surface area contributed by atoms with E-state index >= 15 is 0 Å². The first-order chi connectivity index (χ1) is 8.22. The first kappa shape index (κ1) is 18.6. The van der Waals surface area contributed by atoms with Crippen molar-refractivity contribution in [2.24, 2.45) is 0 Å². The van der Waals surface area contributed by atoms with Gasteiger partial charge in [0.05, 0.1) is 6.04 Å². The van der Waals surface area contributed by atoms with Crippen LogP contribution in [0.15, 0.2) is 18.2 Å². The van der Waals surface area contributed by atoms with Crippen molar-refractivity contribution in [3.05, 3.63) is 35.1 Å². The molecule has 1 aliphatic heterocycles. The zero-order valence-electron chi connectivity index (χ0n) is 10.9. The number of nitrogens with one attached hydrogen (secondary N) is 1. The number of hydrogen-bond donors (Lipinski definition) is 1. The van der Waals surface area contributed by atoms with Crippen molar-refractivity contribution >= 4 is 24.8 Å². The van der Waals surface area contributed by atoms with E-state index in [0.29, 0.717) is 5.56 Å². The summed E-state index contributed by atoms with van der Waals surface area (Å²) in [6.07, 6.45) is 0. The summed E-state index contributed by atoms with van der Waals surface area (Å²) in [6.45, 7) is 4.56. The molecule has 0 spiro atoms. The average Bonchev–Trinajstić information content (AvgIpc) is 2.36. The van der Waals surface area contributed by atoms with Crippen LogP contribution >= 0.6 is 24.8 Å². The normalized spacial score (nSPS) is 17.2. The molecule has 2 rings (SSSR count). The van der Waals surface area contributed by atoms with Gasteiger partial charge in [-0.05, 0) is 13.0 Å². The summed E-state index contributed by atoms with van der Waals surface area (Å²) in [6, 6.07) is 4.44. The van der Waals surface area contributed by atoms with E-state index in [9.17, 15) is 8.78 Å². The van der Waals surface area contributed by atoms with Crippen LogP contribution in [0.25, 0.3) is 0 Å². The van der Waals surface area contributed by atoms with E-state index in [1.165, 1.54) is 6.07 Å². The zero-order chi connectivity index (χ0) is 12.3. The quantitative estimate of drug-likeness (QED) is 0.923. The fraction of sp³-hybridized carbons (Fsp3) is 0.538. The summed E-state index contributed by atoms with van der Waals surface area (Å²) in [5.74, 6) is -0.309. The number of aryl methyl sites for hydroxylation is 1. The Morgan fingerprint density at radius 2 is 1.89 bits per heavy atom. The predicted molar refractivity (Wildman–Crippen MR) is 78.8 cm³/mol. The van der Waals surface area contributed by atoms with Crippen molar-refractivity contribution in [2.75, 3.05) is 32.9 Å². The third-order valence-electron chi connectivity index (χ3n) is 3.25. The molecular formula is C13H20Cl2F2N2. The minimum absolute atomic E-state index is 0. The minimum Gasteiger partial charge on any atom is -0.314 e. The van der Waals surface area contributed by atoms with Gasteiger partial charge in [0.25, 0.3) is 0 Å². The highest BCUT2D eigenvalue weighted by molar-refractivity contribution is 5.85. The Morgan fingerprint density at radius 1 is 1.26 bits per heavy atom. The second kappa shape index (κ2) is 8.69. The molecule has 1 N–H and O–H groups in total. The highest BCUT2D eigenvalue weighted by Crippen LogP contribution is 2.25. The second-order valence-electron chi connectivity index (χ2n) is 4.48. The molecular weight excluding hydrogens is 293 g/mol. The lowest BCUT2D eigenvalue weighted by Crippen LogP contribution is -2.45. The van der Waals surface area contributed by atoms with E-state index in [1.807, 2.05) is 11.8 Å². The van der Waals surface area contributed by atoms with Gasteiger partial charge in [-0.15, -0.1) is 24.8 Å². The second-order valence-corrected chi connectivity index (χ2v) is 4.48. The Hall–Kier alpha value is -0.420. The van der Waals surface area contributed by atoms with Crippen LogP contribution < -0.4 is 5.32 Å². The van der Waals surface area contributed by atoms with Crippen LogP contribution in [0.2, 0.25) is 0 Å². The van der Waals surface area contributed by atoms with Crippen LogP contribution in [0.1, 0.15) is 17.2 Å². The monoisotopic (exact) mass is 312 g/mol. The van der Waals surface area contributed by atoms with Gasteiger partial charge in [0, 0.05) is 31.7 Å². The molecule has 1 fully saturated rings. The molecule has 0 aliphatic carbocycles. The van der Waals surface area contributed by atoms with Crippen molar-refractivity contribution < 1.29 is 8.78 Å². The fourth-order valence-corrected chi connectivity index (χ4v) is 2.29. The maximum Gasteiger partial charge on any atom is 0.128 e. The third-order valence-corrected chi connectivity index (χ3v) is 3.25. The average molecular weight is 313 g/mol. The van der Waals surface area contributed by atoms with Crippen LogP contribution in [0.4, 0.5) is 8.78 Å². The number of alkyl halides is 1. The Bertz CT molecular complexity index is 385. The highest BCUT2D eigenvalue weighted by Gasteiger charge is 2.24. The topological polar surface area (TPSA) is 15.3 Å². The number of hydrogen-bond acceptors (Lipinski definition) is 2. The van der Waals surface area contributed by atoms with Crippen molar-refractivity contribution in [3.63, 3.8) is 0 Å². The molecule has 1 aromatic carbocycles. The minimum atomic E-state index is -0.541. The maximum atomic E-state index is 13.8. The number of piperazine rings is 1. The van der Waals surface area contributed by atoms with Crippen LogP contribution in [-0.2, 0) is 0 Å². The standard InChI is InChI=1S/C13H18F2N2.2ClH/c1-10-2-3-12(15)11(8-10)13(9-14)17-6-4-16-5-7-17;;/h2-3,8,13,16H,4-7,9H2,1H3;2*1H/t13-;;/m1../s1. The van der Waals surface area contributed by atoms with Crippen molar-refractivity contribution in [2.45, 2.75) is 13.0 Å². The smallest absolute Gasteiger partial charge is 0.128 e. The first-order valence-electron chi connectivity index (χ1n) is 5.99. The third kappa shape index (κ3) is 4.56. The summed E-state index contributed by atoms with van der Waals surface area (Å²) in [5.41, 5.74) is 1.45. The molecule has 1 heterocycles. The van der Waals surface area contributed by atoms with Gasteiger partial charge in [-0.3, -0.25) is 4.90 Å². The molecule has 0 bridgehead atoms.